The lowest BCUT2D eigenvalue weighted by atomic mass is 10.1. The van der Waals surface area contributed by atoms with Crippen molar-refractivity contribution in [3.05, 3.63) is 29.8 Å². The van der Waals surface area contributed by atoms with Gasteiger partial charge in [-0.25, -0.2) is 4.79 Å². The zero-order valence-electron chi connectivity index (χ0n) is 12.9. The smallest absolute Gasteiger partial charge is 0.332 e. The largest absolute Gasteiger partial charge is 0.479 e. The summed E-state index contributed by atoms with van der Waals surface area (Å²) in [5.74, 6) is -1.92. The van der Waals surface area contributed by atoms with E-state index in [0.29, 0.717) is 18.5 Å². The summed E-state index contributed by atoms with van der Waals surface area (Å²) in [7, 11) is 0. The van der Waals surface area contributed by atoms with E-state index in [2.05, 4.69) is 0 Å². The number of rotatable bonds is 6. The van der Waals surface area contributed by atoms with Crippen LogP contribution in [0.25, 0.3) is 0 Å². The maximum atomic E-state index is 12.7. The molecule has 1 aromatic rings. The van der Waals surface area contributed by atoms with Crippen molar-refractivity contribution in [3.8, 4) is 0 Å². The monoisotopic (exact) mass is 320 g/mol. The number of nitrogens with zero attached hydrogens (tertiary/aromatic N) is 1. The van der Waals surface area contributed by atoms with Crippen LogP contribution in [0.15, 0.2) is 24.3 Å². The number of primary amides is 1. The number of hydrogen-bond acceptors (Lipinski definition) is 4. The fourth-order valence-corrected chi connectivity index (χ4v) is 2.56. The lowest BCUT2D eigenvalue weighted by molar-refractivity contribution is -0.151. The van der Waals surface area contributed by atoms with Crippen molar-refractivity contribution in [2.24, 2.45) is 5.73 Å². The van der Waals surface area contributed by atoms with Crippen LogP contribution in [0, 0.1) is 6.92 Å². The number of amides is 2. The van der Waals surface area contributed by atoms with Crippen LogP contribution in [0.1, 0.15) is 24.8 Å². The van der Waals surface area contributed by atoms with Crippen molar-refractivity contribution in [3.63, 3.8) is 0 Å². The molecule has 124 valence electrons. The number of anilines is 1. The van der Waals surface area contributed by atoms with Gasteiger partial charge in [0, 0.05) is 18.7 Å². The zero-order valence-corrected chi connectivity index (χ0v) is 12.9. The van der Waals surface area contributed by atoms with Crippen LogP contribution >= 0.6 is 0 Å². The SMILES string of the molecule is Cc1cccc(N(CCC(N)=O)C(=O)[C@@H]2CC[C@H](C(=O)O)O2)c1. The van der Waals surface area contributed by atoms with Gasteiger partial charge in [-0.3, -0.25) is 9.59 Å². The highest BCUT2D eigenvalue weighted by Crippen LogP contribution is 2.25. The molecule has 0 aliphatic carbocycles. The molecular formula is C16H20N2O5. The number of carboxylic acid groups (broad SMARTS) is 1. The minimum absolute atomic E-state index is 0.0226. The average Bonchev–Trinajstić information content (AvgIpc) is 2.97. The van der Waals surface area contributed by atoms with Crippen molar-refractivity contribution < 1.29 is 24.2 Å². The molecule has 0 bridgehead atoms. The first-order chi connectivity index (χ1) is 10.9. The highest BCUT2D eigenvalue weighted by atomic mass is 16.5. The second-order valence-corrected chi connectivity index (χ2v) is 5.57. The van der Waals surface area contributed by atoms with Crippen molar-refractivity contribution in [2.75, 3.05) is 11.4 Å². The molecule has 1 aromatic carbocycles. The van der Waals surface area contributed by atoms with Crippen LogP contribution in [0.4, 0.5) is 5.69 Å². The fraction of sp³-hybridized carbons (Fsp3) is 0.438. The van der Waals surface area contributed by atoms with Gasteiger partial charge >= 0.3 is 5.97 Å². The summed E-state index contributed by atoms with van der Waals surface area (Å²) in [6.45, 7) is 2.03. The molecule has 3 N–H and O–H groups in total. The van der Waals surface area contributed by atoms with Gasteiger partial charge in [0.15, 0.2) is 6.10 Å². The highest BCUT2D eigenvalue weighted by Gasteiger charge is 2.37. The number of benzene rings is 1. The number of carbonyl (C=O) groups is 3. The summed E-state index contributed by atoms with van der Waals surface area (Å²) in [5, 5.41) is 8.97. The first kappa shape index (κ1) is 17.0. The maximum absolute atomic E-state index is 12.7. The minimum Gasteiger partial charge on any atom is -0.479 e. The topological polar surface area (TPSA) is 110 Å². The first-order valence-electron chi connectivity index (χ1n) is 7.43. The summed E-state index contributed by atoms with van der Waals surface area (Å²) in [4.78, 5) is 36.2. The zero-order chi connectivity index (χ0) is 17.0. The standard InChI is InChI=1S/C16H20N2O5/c1-10-3-2-4-11(9-10)18(8-7-14(17)19)15(20)12-5-6-13(23-12)16(21)22/h2-4,9,12-13H,5-8H2,1H3,(H2,17,19)(H,21,22)/t12-,13+/m0/s1. The third-order valence-corrected chi connectivity index (χ3v) is 3.73. The van der Waals surface area contributed by atoms with E-state index in [0.717, 1.165) is 5.56 Å². The van der Waals surface area contributed by atoms with Gasteiger partial charge in [-0.05, 0) is 37.5 Å². The van der Waals surface area contributed by atoms with Crippen molar-refractivity contribution in [1.29, 1.82) is 0 Å². The third kappa shape index (κ3) is 4.29. The first-order valence-corrected chi connectivity index (χ1v) is 7.43. The van der Waals surface area contributed by atoms with Crippen molar-refractivity contribution >= 4 is 23.5 Å². The number of aryl methyl sites for hydroxylation is 1. The normalized spacial score (nSPS) is 20.2. The lowest BCUT2D eigenvalue weighted by Gasteiger charge is -2.25. The van der Waals surface area contributed by atoms with Gasteiger partial charge in [0.1, 0.15) is 6.10 Å². The van der Waals surface area contributed by atoms with Gasteiger partial charge in [-0.2, -0.15) is 0 Å². The molecule has 0 unspecified atom stereocenters. The van der Waals surface area contributed by atoms with Gasteiger partial charge in [0.25, 0.3) is 5.91 Å². The quantitative estimate of drug-likeness (QED) is 0.807. The number of aliphatic carboxylic acids is 1. The molecule has 7 nitrogen and oxygen atoms in total. The van der Waals surface area contributed by atoms with Crippen LogP contribution < -0.4 is 10.6 Å². The molecule has 2 atom stereocenters. The molecule has 1 fully saturated rings. The van der Waals surface area contributed by atoms with Crippen LogP contribution in [-0.2, 0) is 19.1 Å². The summed E-state index contributed by atoms with van der Waals surface area (Å²) in [6.07, 6.45) is -1.11. The van der Waals surface area contributed by atoms with Crippen LogP contribution in [-0.4, -0.2) is 41.6 Å². The number of hydrogen-bond donors (Lipinski definition) is 2. The number of carbonyl (C=O) groups excluding carboxylic acids is 2. The third-order valence-electron chi connectivity index (χ3n) is 3.73. The molecular weight excluding hydrogens is 300 g/mol. The fourth-order valence-electron chi connectivity index (χ4n) is 2.56. The minimum atomic E-state index is -1.07. The van der Waals surface area contributed by atoms with Gasteiger partial charge in [0.05, 0.1) is 0 Å². The van der Waals surface area contributed by atoms with E-state index in [4.69, 9.17) is 15.6 Å². The Balaban J connectivity index is 2.18. The molecule has 1 aliphatic rings. The molecule has 7 heteroatoms. The Morgan fingerprint density at radius 1 is 1.30 bits per heavy atom. The van der Waals surface area contributed by atoms with Crippen molar-refractivity contribution in [1.82, 2.24) is 0 Å². The predicted octanol–water partition coefficient (Wildman–Crippen LogP) is 0.836. The van der Waals surface area contributed by atoms with Gasteiger partial charge in [-0.15, -0.1) is 0 Å². The Morgan fingerprint density at radius 2 is 2.00 bits per heavy atom. The second kappa shape index (κ2) is 7.23. The molecule has 0 aromatic heterocycles. The molecule has 1 aliphatic heterocycles. The molecule has 1 saturated heterocycles. The average molecular weight is 320 g/mol. The van der Waals surface area contributed by atoms with Crippen LogP contribution in [0.3, 0.4) is 0 Å². The summed E-state index contributed by atoms with van der Waals surface area (Å²) in [6, 6.07) is 7.29. The van der Waals surface area contributed by atoms with E-state index in [1.165, 1.54) is 4.90 Å². The number of ether oxygens (including phenoxy) is 1. The number of carboxylic acids is 1. The molecule has 0 saturated carbocycles. The van der Waals surface area contributed by atoms with E-state index >= 15 is 0 Å². The van der Waals surface area contributed by atoms with E-state index in [1.807, 2.05) is 25.1 Å². The predicted molar refractivity (Wildman–Crippen MR) is 82.9 cm³/mol. The van der Waals surface area contributed by atoms with E-state index in [1.54, 1.807) is 6.07 Å². The van der Waals surface area contributed by atoms with Gasteiger partial charge < -0.3 is 20.5 Å². The van der Waals surface area contributed by atoms with Crippen molar-refractivity contribution in [2.45, 2.75) is 38.4 Å². The molecule has 0 radical (unpaired) electrons. The lowest BCUT2D eigenvalue weighted by Crippen LogP contribution is -2.41. The number of nitrogens with two attached hydrogens (primary N) is 1. The maximum Gasteiger partial charge on any atom is 0.332 e. The summed E-state index contributed by atoms with van der Waals surface area (Å²) >= 11 is 0. The molecule has 23 heavy (non-hydrogen) atoms. The summed E-state index contributed by atoms with van der Waals surface area (Å²) in [5.41, 5.74) is 6.78. The molecule has 0 spiro atoms. The highest BCUT2D eigenvalue weighted by molar-refractivity contribution is 5.97. The van der Waals surface area contributed by atoms with Gasteiger partial charge in [-0.1, -0.05) is 12.1 Å². The van der Waals surface area contributed by atoms with Gasteiger partial charge in [0.2, 0.25) is 5.91 Å². The Kier molecular flexibility index (Phi) is 5.33. The summed E-state index contributed by atoms with van der Waals surface area (Å²) < 4.78 is 5.32. The van der Waals surface area contributed by atoms with E-state index in [-0.39, 0.29) is 18.9 Å². The van der Waals surface area contributed by atoms with Crippen LogP contribution in [0.2, 0.25) is 0 Å². The molecule has 1 heterocycles. The Hall–Kier alpha value is -2.41. The second-order valence-electron chi connectivity index (χ2n) is 5.57. The van der Waals surface area contributed by atoms with Crippen LogP contribution in [0.5, 0.6) is 0 Å². The Morgan fingerprint density at radius 3 is 2.57 bits per heavy atom. The Bertz CT molecular complexity index is 616. The van der Waals surface area contributed by atoms with E-state index < -0.39 is 24.1 Å². The molecule has 2 amide bonds. The Labute approximate surface area is 134 Å². The molecule has 2 rings (SSSR count). The van der Waals surface area contributed by atoms with E-state index in [9.17, 15) is 14.4 Å².